The maximum Gasteiger partial charge on any atom is 0.278 e. The summed E-state index contributed by atoms with van der Waals surface area (Å²) in [6.45, 7) is 3.47. The third-order valence-corrected chi connectivity index (χ3v) is 4.62. The number of nitro groups is 1. The van der Waals surface area contributed by atoms with Gasteiger partial charge in [-0.15, -0.1) is 0 Å². The third-order valence-electron chi connectivity index (χ3n) is 4.62. The summed E-state index contributed by atoms with van der Waals surface area (Å²) >= 11 is 0. The zero-order valence-electron chi connectivity index (χ0n) is 17.0. The van der Waals surface area contributed by atoms with E-state index in [0.717, 1.165) is 4.90 Å². The topological polar surface area (TPSA) is 111 Å². The van der Waals surface area contributed by atoms with Crippen LogP contribution in [0.4, 0.5) is 11.4 Å². The summed E-state index contributed by atoms with van der Waals surface area (Å²) in [6.07, 6.45) is 0. The summed E-state index contributed by atoms with van der Waals surface area (Å²) in [4.78, 5) is 37.7. The van der Waals surface area contributed by atoms with Crippen molar-refractivity contribution in [3.05, 3.63) is 63.8 Å². The summed E-state index contributed by atoms with van der Waals surface area (Å²) in [5.41, 5.74) is 1.01. The molecule has 1 heterocycles. The lowest BCUT2D eigenvalue weighted by atomic mass is 10.0. The van der Waals surface area contributed by atoms with Crippen molar-refractivity contribution in [2.45, 2.75) is 19.9 Å². The van der Waals surface area contributed by atoms with Crippen LogP contribution in [0, 0.1) is 10.1 Å². The minimum absolute atomic E-state index is 0.0814. The van der Waals surface area contributed by atoms with Crippen molar-refractivity contribution >= 4 is 28.8 Å². The molecule has 1 aliphatic heterocycles. The van der Waals surface area contributed by atoms with Gasteiger partial charge in [0.25, 0.3) is 17.5 Å². The average Bonchev–Trinajstić information content (AvgIpc) is 2.97. The molecule has 0 atom stereocenters. The molecule has 0 bridgehead atoms. The van der Waals surface area contributed by atoms with Crippen LogP contribution in [0.2, 0.25) is 0 Å². The first-order chi connectivity index (χ1) is 14.3. The minimum Gasteiger partial charge on any atom is -0.497 e. The molecule has 0 spiro atoms. The fraction of sp³-hybridized carbons (Fsp3) is 0.238. The summed E-state index contributed by atoms with van der Waals surface area (Å²) in [5.74, 6) is 0.0602. The van der Waals surface area contributed by atoms with E-state index in [1.807, 2.05) is 0 Å². The summed E-state index contributed by atoms with van der Waals surface area (Å²) in [7, 11) is 3.01. The Balaban J connectivity index is 2.11. The third kappa shape index (κ3) is 3.82. The van der Waals surface area contributed by atoms with Gasteiger partial charge in [0.1, 0.15) is 17.2 Å². The Morgan fingerprint density at radius 3 is 2.00 bits per heavy atom. The van der Waals surface area contributed by atoms with Crippen LogP contribution < -0.4 is 14.8 Å². The highest BCUT2D eigenvalue weighted by Gasteiger charge is 2.40. The molecule has 30 heavy (non-hydrogen) atoms. The van der Waals surface area contributed by atoms with Gasteiger partial charge in [0, 0.05) is 42.1 Å². The fourth-order valence-corrected chi connectivity index (χ4v) is 3.17. The van der Waals surface area contributed by atoms with Gasteiger partial charge in [0.05, 0.1) is 24.7 Å². The lowest BCUT2D eigenvalue weighted by Gasteiger charge is -2.19. The van der Waals surface area contributed by atoms with E-state index >= 15 is 0 Å². The maximum absolute atomic E-state index is 13.0. The fourth-order valence-electron chi connectivity index (χ4n) is 3.17. The largest absolute Gasteiger partial charge is 0.497 e. The van der Waals surface area contributed by atoms with Crippen molar-refractivity contribution in [3.63, 3.8) is 0 Å². The molecule has 0 aromatic heterocycles. The predicted molar refractivity (Wildman–Crippen MR) is 110 cm³/mol. The van der Waals surface area contributed by atoms with Gasteiger partial charge >= 0.3 is 0 Å². The molecule has 0 saturated carbocycles. The number of imide groups is 1. The van der Waals surface area contributed by atoms with Crippen molar-refractivity contribution < 1.29 is 24.0 Å². The molecule has 9 heteroatoms. The van der Waals surface area contributed by atoms with Crippen molar-refractivity contribution in [2.75, 3.05) is 19.5 Å². The standard InChI is InChI=1S/C21H21N3O6/c1-12(2)23-20(25)18(13-5-7-15(8-6-13)24(27)28)19(21(23)26)22-14-9-16(29-3)11-17(10-14)30-4/h5-12,22H,1-4H3. The molecular weight excluding hydrogens is 390 g/mol. The van der Waals surface area contributed by atoms with E-state index in [4.69, 9.17) is 9.47 Å². The zero-order chi connectivity index (χ0) is 22.0. The second kappa shape index (κ2) is 8.24. The highest BCUT2D eigenvalue weighted by molar-refractivity contribution is 6.36. The van der Waals surface area contributed by atoms with Gasteiger partial charge in [-0.2, -0.15) is 0 Å². The molecule has 2 aromatic rings. The second-order valence-electron chi connectivity index (χ2n) is 6.85. The number of non-ortho nitro benzene ring substituents is 1. The van der Waals surface area contributed by atoms with Gasteiger partial charge in [-0.1, -0.05) is 0 Å². The maximum atomic E-state index is 13.0. The number of nitrogens with zero attached hydrogens (tertiary/aromatic N) is 2. The van der Waals surface area contributed by atoms with E-state index in [2.05, 4.69) is 5.32 Å². The van der Waals surface area contributed by atoms with Crippen molar-refractivity contribution in [1.82, 2.24) is 4.90 Å². The van der Waals surface area contributed by atoms with Gasteiger partial charge in [0.15, 0.2) is 0 Å². The van der Waals surface area contributed by atoms with Crippen LogP contribution in [0.25, 0.3) is 5.57 Å². The van der Waals surface area contributed by atoms with Crippen molar-refractivity contribution in [2.24, 2.45) is 0 Å². The number of rotatable bonds is 7. The van der Waals surface area contributed by atoms with Crippen LogP contribution in [0.5, 0.6) is 11.5 Å². The summed E-state index contributed by atoms with van der Waals surface area (Å²) in [5, 5.41) is 14.0. The second-order valence-corrected chi connectivity index (χ2v) is 6.85. The lowest BCUT2D eigenvalue weighted by molar-refractivity contribution is -0.384. The number of nitro benzene ring substituents is 1. The monoisotopic (exact) mass is 411 g/mol. The quantitative estimate of drug-likeness (QED) is 0.423. The SMILES string of the molecule is COc1cc(NC2=C(c3ccc([N+](=O)[O-])cc3)C(=O)N(C(C)C)C2=O)cc(OC)c1. The van der Waals surface area contributed by atoms with E-state index in [0.29, 0.717) is 22.7 Å². The van der Waals surface area contributed by atoms with Crippen LogP contribution in [0.3, 0.4) is 0 Å². The van der Waals surface area contributed by atoms with E-state index < -0.39 is 16.7 Å². The summed E-state index contributed by atoms with van der Waals surface area (Å²) in [6, 6.07) is 10.1. The molecule has 2 amide bonds. The molecule has 0 radical (unpaired) electrons. The van der Waals surface area contributed by atoms with Crippen LogP contribution >= 0.6 is 0 Å². The molecular formula is C21H21N3O6. The number of anilines is 1. The molecule has 0 saturated heterocycles. The molecule has 156 valence electrons. The molecule has 9 nitrogen and oxygen atoms in total. The highest BCUT2D eigenvalue weighted by atomic mass is 16.6. The van der Waals surface area contributed by atoms with E-state index in [9.17, 15) is 19.7 Å². The number of carbonyl (C=O) groups is 2. The first-order valence-corrected chi connectivity index (χ1v) is 9.14. The number of ether oxygens (including phenoxy) is 2. The molecule has 0 aliphatic carbocycles. The zero-order valence-corrected chi connectivity index (χ0v) is 17.0. The Morgan fingerprint density at radius 2 is 1.53 bits per heavy atom. The van der Waals surface area contributed by atoms with Gasteiger partial charge in [-0.05, 0) is 31.5 Å². The average molecular weight is 411 g/mol. The molecule has 1 aliphatic rings. The number of hydrogen-bond acceptors (Lipinski definition) is 7. The van der Waals surface area contributed by atoms with Gasteiger partial charge < -0.3 is 14.8 Å². The Labute approximate surface area is 173 Å². The molecule has 1 N–H and O–H groups in total. The Kier molecular flexibility index (Phi) is 5.72. The van der Waals surface area contributed by atoms with Gasteiger partial charge in [-0.25, -0.2) is 0 Å². The first-order valence-electron chi connectivity index (χ1n) is 9.14. The Bertz CT molecular complexity index is 1020. The summed E-state index contributed by atoms with van der Waals surface area (Å²) < 4.78 is 10.5. The van der Waals surface area contributed by atoms with Crippen LogP contribution in [-0.2, 0) is 9.59 Å². The highest BCUT2D eigenvalue weighted by Crippen LogP contribution is 2.34. The van der Waals surface area contributed by atoms with Gasteiger partial charge in [-0.3, -0.25) is 24.6 Å². The number of methoxy groups -OCH3 is 2. The van der Waals surface area contributed by atoms with Gasteiger partial charge in [0.2, 0.25) is 0 Å². The van der Waals surface area contributed by atoms with Crippen LogP contribution in [0.1, 0.15) is 19.4 Å². The molecule has 2 aromatic carbocycles. The smallest absolute Gasteiger partial charge is 0.278 e. The number of amides is 2. The number of nitrogens with one attached hydrogen (secondary N) is 1. The van der Waals surface area contributed by atoms with Crippen molar-refractivity contribution in [3.8, 4) is 11.5 Å². The minimum atomic E-state index is -0.526. The number of carbonyl (C=O) groups excluding carboxylic acids is 2. The first kappa shape index (κ1) is 20.8. The van der Waals surface area contributed by atoms with E-state index in [1.165, 1.54) is 38.5 Å². The van der Waals surface area contributed by atoms with Crippen molar-refractivity contribution in [1.29, 1.82) is 0 Å². The van der Waals surface area contributed by atoms with Crippen LogP contribution in [-0.4, -0.2) is 41.9 Å². The van der Waals surface area contributed by atoms with E-state index in [-0.39, 0.29) is 23.0 Å². The lowest BCUT2D eigenvalue weighted by Crippen LogP contribution is -2.38. The number of benzene rings is 2. The molecule has 0 unspecified atom stereocenters. The Morgan fingerprint density at radius 1 is 0.967 bits per heavy atom. The molecule has 3 rings (SSSR count). The molecule has 0 fully saturated rings. The van der Waals surface area contributed by atoms with E-state index in [1.54, 1.807) is 32.0 Å². The number of hydrogen-bond donors (Lipinski definition) is 1. The normalized spacial score (nSPS) is 13.8. The van der Waals surface area contributed by atoms with Crippen LogP contribution in [0.15, 0.2) is 48.2 Å². The predicted octanol–water partition coefficient (Wildman–Crippen LogP) is 3.21. The Hall–Kier alpha value is -3.88.